The Labute approximate surface area is 88.8 Å². The molecule has 0 saturated carbocycles. The summed E-state index contributed by atoms with van der Waals surface area (Å²) in [6.07, 6.45) is 0.336. The highest BCUT2D eigenvalue weighted by Gasteiger charge is 2.34. The normalized spacial score (nSPS) is 31.5. The van der Waals surface area contributed by atoms with Crippen molar-refractivity contribution in [1.29, 1.82) is 0 Å². The van der Waals surface area contributed by atoms with Crippen molar-refractivity contribution in [2.75, 3.05) is 26.3 Å². The average molecular weight is 212 g/mol. The van der Waals surface area contributed by atoms with Crippen LogP contribution in [0.25, 0.3) is 0 Å². The molecular formula is C10H16N2O3. The van der Waals surface area contributed by atoms with Gasteiger partial charge in [-0.3, -0.25) is 9.59 Å². The van der Waals surface area contributed by atoms with E-state index in [1.807, 2.05) is 11.8 Å². The molecule has 15 heavy (non-hydrogen) atoms. The van der Waals surface area contributed by atoms with Gasteiger partial charge < -0.3 is 15.0 Å². The first-order valence-corrected chi connectivity index (χ1v) is 5.33. The number of hydrogen-bond donors (Lipinski definition) is 1. The van der Waals surface area contributed by atoms with Crippen LogP contribution in [0.15, 0.2) is 0 Å². The lowest BCUT2D eigenvalue weighted by Gasteiger charge is -2.34. The largest absolute Gasteiger partial charge is 0.377 e. The molecule has 2 saturated heterocycles. The third kappa shape index (κ3) is 2.12. The molecule has 0 aromatic rings. The minimum absolute atomic E-state index is 0.0192. The lowest BCUT2D eigenvalue weighted by molar-refractivity contribution is -0.143. The molecule has 2 atom stereocenters. The summed E-state index contributed by atoms with van der Waals surface area (Å²) in [6, 6.07) is 0.127. The number of amides is 2. The standard InChI is InChI=1S/C10H16N2O3/c1-7-6-15-3-2-12(7)10(14)8-4-9(13)11-5-8/h7-8H,2-6H2,1H3,(H,11,13)/t7-,8?/m1/s1. The van der Waals surface area contributed by atoms with Gasteiger partial charge in [0.05, 0.1) is 25.2 Å². The van der Waals surface area contributed by atoms with Gasteiger partial charge in [0.1, 0.15) is 0 Å². The number of morpholine rings is 1. The second-order valence-electron chi connectivity index (χ2n) is 4.16. The molecule has 0 aromatic carbocycles. The van der Waals surface area contributed by atoms with Crippen LogP contribution < -0.4 is 5.32 Å². The minimum atomic E-state index is -0.168. The second-order valence-corrected chi connectivity index (χ2v) is 4.16. The van der Waals surface area contributed by atoms with E-state index >= 15 is 0 Å². The zero-order chi connectivity index (χ0) is 10.8. The van der Waals surface area contributed by atoms with Gasteiger partial charge in [0.15, 0.2) is 0 Å². The first kappa shape index (κ1) is 10.4. The summed E-state index contributed by atoms with van der Waals surface area (Å²) in [7, 11) is 0. The number of hydrogen-bond acceptors (Lipinski definition) is 3. The van der Waals surface area contributed by atoms with Crippen LogP contribution in [0.3, 0.4) is 0 Å². The van der Waals surface area contributed by atoms with Gasteiger partial charge in [0, 0.05) is 19.5 Å². The Kier molecular flexibility index (Phi) is 2.90. The number of nitrogens with one attached hydrogen (secondary N) is 1. The third-order valence-electron chi connectivity index (χ3n) is 2.98. The molecule has 2 rings (SSSR count). The molecular weight excluding hydrogens is 196 g/mol. The molecule has 84 valence electrons. The summed E-state index contributed by atoms with van der Waals surface area (Å²) in [5.41, 5.74) is 0. The fourth-order valence-corrected chi connectivity index (χ4v) is 2.07. The van der Waals surface area contributed by atoms with E-state index in [2.05, 4.69) is 5.32 Å². The van der Waals surface area contributed by atoms with E-state index in [1.165, 1.54) is 0 Å². The molecule has 2 aliphatic heterocycles. The maximum absolute atomic E-state index is 12.0. The predicted octanol–water partition coefficient (Wildman–Crippen LogP) is -0.630. The highest BCUT2D eigenvalue weighted by atomic mass is 16.5. The molecule has 5 heteroatoms. The Balaban J connectivity index is 1.97. The van der Waals surface area contributed by atoms with E-state index in [1.54, 1.807) is 0 Å². The Hall–Kier alpha value is -1.10. The van der Waals surface area contributed by atoms with E-state index in [0.717, 1.165) is 0 Å². The number of ether oxygens (including phenoxy) is 1. The van der Waals surface area contributed by atoms with Crippen LogP contribution in [-0.2, 0) is 14.3 Å². The Morgan fingerprint density at radius 2 is 2.40 bits per heavy atom. The molecule has 2 heterocycles. The first-order chi connectivity index (χ1) is 7.18. The topological polar surface area (TPSA) is 58.6 Å². The molecule has 1 N–H and O–H groups in total. The van der Waals surface area contributed by atoms with Gasteiger partial charge in [-0.15, -0.1) is 0 Å². The van der Waals surface area contributed by atoms with Crippen LogP contribution >= 0.6 is 0 Å². The molecule has 2 amide bonds. The summed E-state index contributed by atoms with van der Waals surface area (Å²) in [5, 5.41) is 2.69. The third-order valence-corrected chi connectivity index (χ3v) is 2.98. The quantitative estimate of drug-likeness (QED) is 0.629. The zero-order valence-corrected chi connectivity index (χ0v) is 8.86. The molecule has 2 fully saturated rings. The number of carbonyl (C=O) groups is 2. The Morgan fingerprint density at radius 1 is 1.60 bits per heavy atom. The van der Waals surface area contributed by atoms with Gasteiger partial charge >= 0.3 is 0 Å². The summed E-state index contributed by atoms with van der Waals surface area (Å²) in [5.74, 6) is -0.100. The Morgan fingerprint density at radius 3 is 3.00 bits per heavy atom. The van der Waals surface area contributed by atoms with E-state index in [-0.39, 0.29) is 23.8 Å². The van der Waals surface area contributed by atoms with Gasteiger partial charge in [0.2, 0.25) is 11.8 Å². The van der Waals surface area contributed by atoms with Gasteiger partial charge in [-0.05, 0) is 6.92 Å². The van der Waals surface area contributed by atoms with Crippen molar-refractivity contribution in [2.45, 2.75) is 19.4 Å². The molecule has 0 spiro atoms. The molecule has 5 nitrogen and oxygen atoms in total. The zero-order valence-electron chi connectivity index (χ0n) is 8.86. The first-order valence-electron chi connectivity index (χ1n) is 5.33. The number of rotatable bonds is 1. The van der Waals surface area contributed by atoms with Crippen LogP contribution in [0.1, 0.15) is 13.3 Å². The van der Waals surface area contributed by atoms with E-state index in [4.69, 9.17) is 4.74 Å². The summed E-state index contributed by atoms with van der Waals surface area (Å²) < 4.78 is 5.27. The van der Waals surface area contributed by atoms with Crippen molar-refractivity contribution in [1.82, 2.24) is 10.2 Å². The minimum Gasteiger partial charge on any atom is -0.377 e. The fraction of sp³-hybridized carbons (Fsp3) is 0.800. The lowest BCUT2D eigenvalue weighted by Crippen LogP contribution is -2.49. The number of carbonyl (C=O) groups excluding carboxylic acids is 2. The van der Waals surface area contributed by atoms with Gasteiger partial charge in [-0.25, -0.2) is 0 Å². The smallest absolute Gasteiger partial charge is 0.228 e. The summed E-state index contributed by atoms with van der Waals surface area (Å²) in [6.45, 7) is 4.30. The monoisotopic (exact) mass is 212 g/mol. The van der Waals surface area contributed by atoms with Crippen LogP contribution in [0, 0.1) is 5.92 Å². The number of nitrogens with zero attached hydrogens (tertiary/aromatic N) is 1. The van der Waals surface area contributed by atoms with Crippen LogP contribution in [0.4, 0.5) is 0 Å². The van der Waals surface area contributed by atoms with Gasteiger partial charge in [-0.2, -0.15) is 0 Å². The maximum Gasteiger partial charge on any atom is 0.228 e. The van der Waals surface area contributed by atoms with Gasteiger partial charge in [0.25, 0.3) is 0 Å². The molecule has 0 aromatic heterocycles. The van der Waals surface area contributed by atoms with E-state index < -0.39 is 0 Å². The van der Waals surface area contributed by atoms with Crippen molar-refractivity contribution in [3.63, 3.8) is 0 Å². The lowest BCUT2D eigenvalue weighted by atomic mass is 10.1. The van der Waals surface area contributed by atoms with Crippen molar-refractivity contribution >= 4 is 11.8 Å². The second kappa shape index (κ2) is 4.18. The van der Waals surface area contributed by atoms with Crippen LogP contribution in [0.2, 0.25) is 0 Å². The molecule has 0 bridgehead atoms. The highest BCUT2D eigenvalue weighted by molar-refractivity contribution is 5.89. The maximum atomic E-state index is 12.0. The van der Waals surface area contributed by atoms with Crippen LogP contribution in [0.5, 0.6) is 0 Å². The average Bonchev–Trinajstić information content (AvgIpc) is 2.65. The molecule has 0 aliphatic carbocycles. The van der Waals surface area contributed by atoms with Crippen LogP contribution in [-0.4, -0.2) is 49.1 Å². The predicted molar refractivity (Wildman–Crippen MR) is 53.1 cm³/mol. The Bertz CT molecular complexity index is 280. The fourth-order valence-electron chi connectivity index (χ4n) is 2.07. The SMILES string of the molecule is C[C@@H]1COCCN1C(=O)C1CNC(=O)C1. The van der Waals surface area contributed by atoms with Crippen molar-refractivity contribution in [2.24, 2.45) is 5.92 Å². The van der Waals surface area contributed by atoms with Crippen molar-refractivity contribution in [3.8, 4) is 0 Å². The van der Waals surface area contributed by atoms with Crippen molar-refractivity contribution < 1.29 is 14.3 Å². The summed E-state index contributed by atoms with van der Waals surface area (Å²) in [4.78, 5) is 24.9. The molecule has 2 aliphatic rings. The van der Waals surface area contributed by atoms with Gasteiger partial charge in [-0.1, -0.05) is 0 Å². The van der Waals surface area contributed by atoms with E-state index in [9.17, 15) is 9.59 Å². The van der Waals surface area contributed by atoms with E-state index in [0.29, 0.717) is 32.7 Å². The molecule has 1 unspecified atom stereocenters. The summed E-state index contributed by atoms with van der Waals surface area (Å²) >= 11 is 0. The van der Waals surface area contributed by atoms with Crippen molar-refractivity contribution in [3.05, 3.63) is 0 Å². The highest BCUT2D eigenvalue weighted by Crippen LogP contribution is 2.16. The molecule has 0 radical (unpaired) electrons.